The maximum Gasteiger partial charge on any atom is 0.148 e. The summed E-state index contributed by atoms with van der Waals surface area (Å²) < 4.78 is 14.0. The van der Waals surface area contributed by atoms with Gasteiger partial charge in [0, 0.05) is 30.9 Å². The van der Waals surface area contributed by atoms with E-state index in [0.29, 0.717) is 23.5 Å². The molecule has 2 atom stereocenters. The van der Waals surface area contributed by atoms with E-state index in [1.807, 2.05) is 6.07 Å². The molecule has 2 aliphatic heterocycles. The molecule has 0 spiro atoms. The smallest absolute Gasteiger partial charge is 0.148 e. The van der Waals surface area contributed by atoms with Crippen LogP contribution in [-0.4, -0.2) is 36.6 Å². The van der Waals surface area contributed by atoms with Crippen molar-refractivity contribution in [2.45, 2.75) is 31.8 Å². The van der Waals surface area contributed by atoms with E-state index in [-0.39, 0.29) is 5.82 Å². The Balaban J connectivity index is 1.86. The van der Waals surface area contributed by atoms with E-state index < -0.39 is 0 Å². The van der Waals surface area contributed by atoms with Gasteiger partial charge in [0.2, 0.25) is 0 Å². The summed E-state index contributed by atoms with van der Waals surface area (Å²) in [5, 5.41) is 0. The second kappa shape index (κ2) is 4.43. The fraction of sp³-hybridized carbons (Fsp3) is 0.571. The van der Waals surface area contributed by atoms with Gasteiger partial charge in [-0.2, -0.15) is 0 Å². The fourth-order valence-corrected chi connectivity index (χ4v) is 3.28. The van der Waals surface area contributed by atoms with Gasteiger partial charge in [-0.25, -0.2) is 4.39 Å². The summed E-state index contributed by atoms with van der Waals surface area (Å²) in [7, 11) is 0. The maximum atomic E-state index is 14.0. The quantitative estimate of drug-likeness (QED) is 0.773. The van der Waals surface area contributed by atoms with Gasteiger partial charge in [-0.15, -0.1) is 0 Å². The van der Waals surface area contributed by atoms with Gasteiger partial charge >= 0.3 is 0 Å². The van der Waals surface area contributed by atoms with Gasteiger partial charge in [-0.05, 0) is 44.5 Å². The van der Waals surface area contributed by atoms with Gasteiger partial charge in [0.15, 0.2) is 0 Å². The Morgan fingerprint density at radius 2 is 2.17 bits per heavy atom. The Hall–Kier alpha value is -1.29. The van der Waals surface area contributed by atoms with E-state index in [0.717, 1.165) is 13.1 Å². The molecule has 1 aromatic carbocycles. The van der Waals surface area contributed by atoms with E-state index in [9.17, 15) is 4.39 Å². The number of anilines is 2. The minimum atomic E-state index is -0.201. The van der Waals surface area contributed by atoms with Crippen LogP contribution in [-0.2, 0) is 0 Å². The molecule has 18 heavy (non-hydrogen) atoms. The number of benzene rings is 1. The Morgan fingerprint density at radius 1 is 1.33 bits per heavy atom. The van der Waals surface area contributed by atoms with Crippen LogP contribution in [0.5, 0.6) is 0 Å². The van der Waals surface area contributed by atoms with Crippen LogP contribution in [0.3, 0.4) is 0 Å². The third-order valence-corrected chi connectivity index (χ3v) is 4.22. The third kappa shape index (κ3) is 1.94. The second-order valence-corrected chi connectivity index (χ2v) is 5.50. The van der Waals surface area contributed by atoms with Crippen LogP contribution in [0, 0.1) is 5.82 Å². The molecule has 1 aromatic rings. The molecule has 0 saturated carbocycles. The zero-order chi connectivity index (χ0) is 12.7. The molecule has 4 heteroatoms. The molecule has 0 bridgehead atoms. The SMILES string of the molecule is CC1CN2CCCC2CN1c1ccc(N)cc1F. The first-order valence-electron chi connectivity index (χ1n) is 6.71. The molecule has 0 aromatic heterocycles. The van der Waals surface area contributed by atoms with Gasteiger partial charge in [-0.3, -0.25) is 4.90 Å². The summed E-state index contributed by atoms with van der Waals surface area (Å²) in [6, 6.07) is 5.97. The average molecular weight is 249 g/mol. The van der Waals surface area contributed by atoms with E-state index in [1.54, 1.807) is 6.07 Å². The largest absolute Gasteiger partial charge is 0.399 e. The number of hydrogen-bond donors (Lipinski definition) is 1. The zero-order valence-corrected chi connectivity index (χ0v) is 10.8. The van der Waals surface area contributed by atoms with Crippen molar-refractivity contribution in [2.24, 2.45) is 0 Å². The van der Waals surface area contributed by atoms with Crippen LogP contribution in [0.2, 0.25) is 0 Å². The van der Waals surface area contributed by atoms with Crippen LogP contribution in [0.15, 0.2) is 18.2 Å². The average Bonchev–Trinajstić information content (AvgIpc) is 2.75. The lowest BCUT2D eigenvalue weighted by Gasteiger charge is -2.43. The molecule has 0 radical (unpaired) electrons. The van der Waals surface area contributed by atoms with E-state index >= 15 is 0 Å². The second-order valence-electron chi connectivity index (χ2n) is 5.50. The summed E-state index contributed by atoms with van der Waals surface area (Å²) in [4.78, 5) is 4.73. The zero-order valence-electron chi connectivity index (χ0n) is 10.8. The van der Waals surface area contributed by atoms with Crippen molar-refractivity contribution in [2.75, 3.05) is 30.3 Å². The minimum Gasteiger partial charge on any atom is -0.399 e. The standard InChI is InChI=1S/C14H20FN3/c1-10-8-17-6-2-3-12(17)9-18(10)14-5-4-11(16)7-13(14)15/h4-5,7,10,12H,2-3,6,8-9,16H2,1H3. The van der Waals surface area contributed by atoms with E-state index in [2.05, 4.69) is 16.7 Å². The molecule has 2 saturated heterocycles. The van der Waals surface area contributed by atoms with Crippen LogP contribution >= 0.6 is 0 Å². The van der Waals surface area contributed by atoms with Crippen LogP contribution in [0.25, 0.3) is 0 Å². The third-order valence-electron chi connectivity index (χ3n) is 4.22. The molecular formula is C14H20FN3. The molecule has 2 N–H and O–H groups in total. The lowest BCUT2D eigenvalue weighted by molar-refractivity contribution is 0.202. The van der Waals surface area contributed by atoms with Crippen molar-refractivity contribution in [1.82, 2.24) is 4.90 Å². The van der Waals surface area contributed by atoms with Crippen LogP contribution in [0.1, 0.15) is 19.8 Å². The Kier molecular flexibility index (Phi) is 2.90. The molecular weight excluding hydrogens is 229 g/mol. The van der Waals surface area contributed by atoms with E-state index in [1.165, 1.54) is 25.5 Å². The molecule has 2 heterocycles. The first kappa shape index (κ1) is 11.8. The number of fused-ring (bicyclic) bond motifs is 1. The van der Waals surface area contributed by atoms with Gasteiger partial charge < -0.3 is 10.6 Å². The van der Waals surface area contributed by atoms with Crippen molar-refractivity contribution >= 4 is 11.4 Å². The normalized spacial score (nSPS) is 28.4. The highest BCUT2D eigenvalue weighted by atomic mass is 19.1. The molecule has 2 fully saturated rings. The summed E-state index contributed by atoms with van der Waals surface area (Å²) in [5.74, 6) is -0.201. The fourth-order valence-electron chi connectivity index (χ4n) is 3.28. The Morgan fingerprint density at radius 3 is 2.94 bits per heavy atom. The van der Waals surface area contributed by atoms with Crippen LogP contribution in [0.4, 0.5) is 15.8 Å². The lowest BCUT2D eigenvalue weighted by Crippen LogP contribution is -2.55. The Bertz CT molecular complexity index is 449. The number of nitrogen functional groups attached to an aromatic ring is 1. The monoisotopic (exact) mass is 249 g/mol. The topological polar surface area (TPSA) is 32.5 Å². The molecule has 0 aliphatic carbocycles. The summed E-state index contributed by atoms with van der Waals surface area (Å²) in [5.41, 5.74) is 6.80. The van der Waals surface area contributed by atoms with Crippen molar-refractivity contribution < 1.29 is 4.39 Å². The first-order chi connectivity index (χ1) is 8.65. The minimum absolute atomic E-state index is 0.201. The number of piperazine rings is 1. The van der Waals surface area contributed by atoms with Crippen molar-refractivity contribution in [1.29, 1.82) is 0 Å². The highest BCUT2D eigenvalue weighted by Crippen LogP contribution is 2.30. The van der Waals surface area contributed by atoms with Crippen molar-refractivity contribution in [3.05, 3.63) is 24.0 Å². The highest BCUT2D eigenvalue weighted by Gasteiger charge is 2.35. The first-order valence-corrected chi connectivity index (χ1v) is 6.71. The predicted molar refractivity (Wildman–Crippen MR) is 72.2 cm³/mol. The van der Waals surface area contributed by atoms with Crippen molar-refractivity contribution in [3.63, 3.8) is 0 Å². The molecule has 3 nitrogen and oxygen atoms in total. The van der Waals surface area contributed by atoms with Gasteiger partial charge in [0.05, 0.1) is 5.69 Å². The maximum absolute atomic E-state index is 14.0. The van der Waals surface area contributed by atoms with Gasteiger partial charge in [0.1, 0.15) is 5.82 Å². The summed E-state index contributed by atoms with van der Waals surface area (Å²) in [6.07, 6.45) is 2.51. The summed E-state index contributed by atoms with van der Waals surface area (Å²) >= 11 is 0. The van der Waals surface area contributed by atoms with Gasteiger partial charge in [0.25, 0.3) is 0 Å². The number of halogens is 1. The number of nitrogens with zero attached hydrogens (tertiary/aromatic N) is 2. The van der Waals surface area contributed by atoms with Crippen LogP contribution < -0.4 is 10.6 Å². The predicted octanol–water partition coefficient (Wildman–Crippen LogP) is 2.08. The van der Waals surface area contributed by atoms with Crippen molar-refractivity contribution in [3.8, 4) is 0 Å². The molecule has 3 rings (SSSR count). The highest BCUT2D eigenvalue weighted by molar-refractivity contribution is 5.55. The number of hydrogen-bond acceptors (Lipinski definition) is 3. The molecule has 98 valence electrons. The Labute approximate surface area is 107 Å². The number of rotatable bonds is 1. The van der Waals surface area contributed by atoms with E-state index in [4.69, 9.17) is 5.73 Å². The molecule has 0 amide bonds. The van der Waals surface area contributed by atoms with Gasteiger partial charge in [-0.1, -0.05) is 0 Å². The molecule has 2 unspecified atom stereocenters. The number of nitrogens with two attached hydrogens (primary N) is 1. The summed E-state index contributed by atoms with van der Waals surface area (Å²) in [6.45, 7) is 5.34. The lowest BCUT2D eigenvalue weighted by atomic mass is 10.1. The molecule has 2 aliphatic rings.